The summed E-state index contributed by atoms with van der Waals surface area (Å²) in [6.07, 6.45) is 1.26. The first-order chi connectivity index (χ1) is 9.33. The van der Waals surface area contributed by atoms with Gasteiger partial charge in [0.05, 0.1) is 0 Å². The highest BCUT2D eigenvalue weighted by Gasteiger charge is 2.25. The Balaban J connectivity index is 1.99. The highest BCUT2D eigenvalue weighted by Crippen LogP contribution is 2.25. The van der Waals surface area contributed by atoms with Gasteiger partial charge in [0.25, 0.3) is 0 Å². The molecule has 3 heteroatoms. The molecule has 1 aromatic carbocycles. The molecule has 2 nitrogen and oxygen atoms in total. The summed E-state index contributed by atoms with van der Waals surface area (Å²) in [7, 11) is 0. The maximum absolute atomic E-state index is 5.98. The summed E-state index contributed by atoms with van der Waals surface area (Å²) in [6, 6.07) is 8.79. The summed E-state index contributed by atoms with van der Waals surface area (Å²) in [5.74, 6) is 0.719. The first-order valence-electron chi connectivity index (χ1n) is 7.57. The van der Waals surface area contributed by atoms with E-state index in [2.05, 4.69) is 50.0 Å². The molecule has 0 amide bonds. The van der Waals surface area contributed by atoms with E-state index in [0.29, 0.717) is 11.5 Å². The molecule has 2 atom stereocenters. The van der Waals surface area contributed by atoms with Crippen molar-refractivity contribution in [2.45, 2.75) is 40.2 Å². The van der Waals surface area contributed by atoms with Crippen molar-refractivity contribution in [1.29, 1.82) is 0 Å². The molecule has 2 unspecified atom stereocenters. The monoisotopic (exact) mass is 294 g/mol. The molecule has 1 N–H and O–H groups in total. The highest BCUT2D eigenvalue weighted by molar-refractivity contribution is 6.30. The third-order valence-electron chi connectivity index (χ3n) is 3.77. The second-order valence-electron chi connectivity index (χ2n) is 7.36. The molecule has 20 heavy (non-hydrogen) atoms. The highest BCUT2D eigenvalue weighted by atomic mass is 35.5. The van der Waals surface area contributed by atoms with E-state index in [9.17, 15) is 0 Å². The minimum atomic E-state index is 0.339. The van der Waals surface area contributed by atoms with Gasteiger partial charge in [0, 0.05) is 36.4 Å². The summed E-state index contributed by atoms with van der Waals surface area (Å²) in [4.78, 5) is 2.48. The van der Waals surface area contributed by atoms with Gasteiger partial charge in [0.1, 0.15) is 0 Å². The standard InChI is InChI=1S/C17H27ClN2/c1-13-9-15(19-12-17(2,3)4)11-20(10-13)16-7-5-14(18)6-8-16/h5-8,13,15,19H,9-12H2,1-4H3. The number of nitrogens with one attached hydrogen (secondary N) is 1. The first kappa shape index (κ1) is 15.7. The zero-order valence-electron chi connectivity index (χ0n) is 13.1. The predicted octanol–water partition coefficient (Wildman–Crippen LogP) is 4.19. The average Bonchev–Trinajstić information content (AvgIpc) is 2.36. The van der Waals surface area contributed by atoms with Crippen LogP contribution in [0.4, 0.5) is 5.69 Å². The third kappa shape index (κ3) is 4.68. The predicted molar refractivity (Wildman–Crippen MR) is 88.7 cm³/mol. The number of hydrogen-bond acceptors (Lipinski definition) is 2. The Morgan fingerprint density at radius 2 is 1.85 bits per heavy atom. The van der Waals surface area contributed by atoms with Crippen LogP contribution in [0.25, 0.3) is 0 Å². The van der Waals surface area contributed by atoms with Gasteiger partial charge < -0.3 is 10.2 Å². The Hall–Kier alpha value is -0.730. The largest absolute Gasteiger partial charge is 0.370 e. The summed E-state index contributed by atoms with van der Waals surface area (Å²) in [5.41, 5.74) is 1.62. The van der Waals surface area contributed by atoms with Crippen molar-refractivity contribution < 1.29 is 0 Å². The lowest BCUT2D eigenvalue weighted by molar-refractivity contribution is 0.300. The molecule has 1 aliphatic rings. The van der Waals surface area contributed by atoms with Gasteiger partial charge in [-0.1, -0.05) is 39.3 Å². The lowest BCUT2D eigenvalue weighted by atomic mass is 9.92. The molecule has 1 heterocycles. The Bertz CT molecular complexity index is 422. The molecule has 2 rings (SSSR count). The van der Waals surface area contributed by atoms with Crippen LogP contribution in [0.1, 0.15) is 34.1 Å². The number of benzene rings is 1. The van der Waals surface area contributed by atoms with Crippen molar-refractivity contribution in [1.82, 2.24) is 5.32 Å². The van der Waals surface area contributed by atoms with Crippen molar-refractivity contribution in [3.63, 3.8) is 0 Å². The fraction of sp³-hybridized carbons (Fsp3) is 0.647. The average molecular weight is 295 g/mol. The van der Waals surface area contributed by atoms with Crippen LogP contribution >= 0.6 is 11.6 Å². The van der Waals surface area contributed by atoms with Gasteiger partial charge in [0.15, 0.2) is 0 Å². The zero-order chi connectivity index (χ0) is 14.8. The van der Waals surface area contributed by atoms with Crippen LogP contribution in [-0.2, 0) is 0 Å². The number of anilines is 1. The van der Waals surface area contributed by atoms with E-state index in [4.69, 9.17) is 11.6 Å². The van der Waals surface area contributed by atoms with Gasteiger partial charge in [-0.05, 0) is 42.0 Å². The van der Waals surface area contributed by atoms with E-state index in [1.807, 2.05) is 12.1 Å². The van der Waals surface area contributed by atoms with Gasteiger partial charge in [0.2, 0.25) is 0 Å². The van der Waals surface area contributed by atoms with Crippen LogP contribution in [0.2, 0.25) is 5.02 Å². The Morgan fingerprint density at radius 3 is 2.45 bits per heavy atom. The topological polar surface area (TPSA) is 15.3 Å². The Morgan fingerprint density at radius 1 is 1.20 bits per heavy atom. The second kappa shape index (κ2) is 6.36. The van der Waals surface area contributed by atoms with Gasteiger partial charge in [-0.15, -0.1) is 0 Å². The molecule has 1 fully saturated rings. The van der Waals surface area contributed by atoms with E-state index in [1.54, 1.807) is 0 Å². The van der Waals surface area contributed by atoms with Crippen molar-refractivity contribution in [3.05, 3.63) is 29.3 Å². The van der Waals surface area contributed by atoms with Crippen molar-refractivity contribution >= 4 is 17.3 Å². The lowest BCUT2D eigenvalue weighted by Crippen LogP contribution is -2.50. The molecule has 0 bridgehead atoms. The van der Waals surface area contributed by atoms with Crippen LogP contribution < -0.4 is 10.2 Å². The molecule has 0 aromatic heterocycles. The van der Waals surface area contributed by atoms with Crippen LogP contribution in [-0.4, -0.2) is 25.7 Å². The van der Waals surface area contributed by atoms with E-state index in [0.717, 1.165) is 30.6 Å². The third-order valence-corrected chi connectivity index (χ3v) is 4.02. The molecule has 0 saturated carbocycles. The molecule has 0 spiro atoms. The molecule has 0 aliphatic carbocycles. The van der Waals surface area contributed by atoms with E-state index < -0.39 is 0 Å². The fourth-order valence-corrected chi connectivity index (χ4v) is 2.94. The maximum atomic E-state index is 5.98. The minimum absolute atomic E-state index is 0.339. The summed E-state index contributed by atoms with van der Waals surface area (Å²) in [5, 5.41) is 4.54. The van der Waals surface area contributed by atoms with Gasteiger partial charge in [-0.3, -0.25) is 0 Å². The normalized spacial score (nSPS) is 23.9. The molecule has 1 aliphatic heterocycles. The van der Waals surface area contributed by atoms with Gasteiger partial charge in [-0.25, -0.2) is 0 Å². The van der Waals surface area contributed by atoms with E-state index >= 15 is 0 Å². The maximum Gasteiger partial charge on any atom is 0.0407 e. The molecular weight excluding hydrogens is 268 g/mol. The number of piperidine rings is 1. The lowest BCUT2D eigenvalue weighted by Gasteiger charge is -2.39. The number of nitrogens with zero attached hydrogens (tertiary/aromatic N) is 1. The first-order valence-corrected chi connectivity index (χ1v) is 7.95. The van der Waals surface area contributed by atoms with Crippen molar-refractivity contribution in [2.24, 2.45) is 11.3 Å². The molecular formula is C17H27ClN2. The minimum Gasteiger partial charge on any atom is -0.370 e. The quantitative estimate of drug-likeness (QED) is 0.899. The molecule has 1 aromatic rings. The number of hydrogen-bond donors (Lipinski definition) is 1. The zero-order valence-corrected chi connectivity index (χ0v) is 13.9. The summed E-state index contributed by atoms with van der Waals surface area (Å²) >= 11 is 5.98. The van der Waals surface area contributed by atoms with Gasteiger partial charge in [-0.2, -0.15) is 0 Å². The summed E-state index contributed by atoms with van der Waals surface area (Å²) in [6.45, 7) is 12.5. The fourth-order valence-electron chi connectivity index (χ4n) is 2.81. The smallest absolute Gasteiger partial charge is 0.0407 e. The van der Waals surface area contributed by atoms with Crippen LogP contribution in [0, 0.1) is 11.3 Å². The van der Waals surface area contributed by atoms with Gasteiger partial charge >= 0.3 is 0 Å². The second-order valence-corrected chi connectivity index (χ2v) is 7.80. The van der Waals surface area contributed by atoms with Crippen molar-refractivity contribution in [3.8, 4) is 0 Å². The number of rotatable bonds is 3. The van der Waals surface area contributed by atoms with Crippen LogP contribution in [0.15, 0.2) is 24.3 Å². The summed E-state index contributed by atoms with van der Waals surface area (Å²) < 4.78 is 0. The van der Waals surface area contributed by atoms with E-state index in [-0.39, 0.29) is 0 Å². The molecule has 112 valence electrons. The molecule has 0 radical (unpaired) electrons. The Labute approximate surface area is 128 Å². The van der Waals surface area contributed by atoms with Crippen molar-refractivity contribution in [2.75, 3.05) is 24.5 Å². The molecule has 1 saturated heterocycles. The van der Waals surface area contributed by atoms with Crippen LogP contribution in [0.5, 0.6) is 0 Å². The number of halogens is 1. The SMILES string of the molecule is CC1CC(NCC(C)(C)C)CN(c2ccc(Cl)cc2)C1. The Kier molecular flexibility index (Phi) is 4.98. The van der Waals surface area contributed by atoms with Crippen LogP contribution in [0.3, 0.4) is 0 Å². The van der Waals surface area contributed by atoms with E-state index in [1.165, 1.54) is 12.1 Å².